The second kappa shape index (κ2) is 7.82. The molecular weight excluding hydrogens is 260 g/mol. The Labute approximate surface area is 127 Å². The smallest absolute Gasteiger partial charge is 0.330 e. The quantitative estimate of drug-likeness (QED) is 0.579. The van der Waals surface area contributed by atoms with Crippen LogP contribution in [0.15, 0.2) is 42.0 Å². The van der Waals surface area contributed by atoms with Crippen LogP contribution in [0.4, 0.5) is 0 Å². The Hall–Kier alpha value is -1.83. The van der Waals surface area contributed by atoms with Crippen LogP contribution in [0.5, 0.6) is 0 Å². The standard InChI is InChI=1S/C19H24O2/c1-3-4-8-15-10-7-11-16-9-5-6-12-17(16)18(15)13-14-19(20)21-2/h5-6,9,12-14H,3-4,7-8,10-11H2,1-2H3/b14-13+. The topological polar surface area (TPSA) is 26.3 Å². The van der Waals surface area contributed by atoms with Crippen LogP contribution in [0.25, 0.3) is 5.57 Å². The van der Waals surface area contributed by atoms with Crippen molar-refractivity contribution >= 4 is 11.5 Å². The van der Waals surface area contributed by atoms with Crippen molar-refractivity contribution in [1.29, 1.82) is 0 Å². The van der Waals surface area contributed by atoms with Gasteiger partial charge in [-0.1, -0.05) is 43.2 Å². The molecule has 0 fully saturated rings. The van der Waals surface area contributed by atoms with Crippen molar-refractivity contribution in [2.75, 3.05) is 7.11 Å². The highest BCUT2D eigenvalue weighted by Crippen LogP contribution is 2.33. The number of hydrogen-bond donors (Lipinski definition) is 0. The molecule has 2 heteroatoms. The lowest BCUT2D eigenvalue weighted by Crippen LogP contribution is -1.96. The van der Waals surface area contributed by atoms with Crippen LogP contribution in [-0.4, -0.2) is 13.1 Å². The van der Waals surface area contributed by atoms with Gasteiger partial charge in [-0.25, -0.2) is 4.79 Å². The fraction of sp³-hybridized carbons (Fsp3) is 0.421. The van der Waals surface area contributed by atoms with E-state index in [4.69, 9.17) is 4.74 Å². The van der Waals surface area contributed by atoms with Crippen molar-refractivity contribution in [3.63, 3.8) is 0 Å². The third-order valence-electron chi connectivity index (χ3n) is 4.03. The molecular formula is C19H24O2. The number of carbonyl (C=O) groups excluding carboxylic acids is 1. The monoisotopic (exact) mass is 284 g/mol. The van der Waals surface area contributed by atoms with Crippen molar-refractivity contribution in [1.82, 2.24) is 0 Å². The number of allylic oxidation sites excluding steroid dienone is 3. The van der Waals surface area contributed by atoms with Gasteiger partial charge in [0.25, 0.3) is 0 Å². The molecule has 0 aliphatic heterocycles. The molecule has 1 aliphatic carbocycles. The Morgan fingerprint density at radius 1 is 1.29 bits per heavy atom. The average Bonchev–Trinajstić information content (AvgIpc) is 2.69. The Kier molecular flexibility index (Phi) is 5.79. The average molecular weight is 284 g/mol. The number of methoxy groups -OCH3 is 1. The van der Waals surface area contributed by atoms with E-state index in [9.17, 15) is 4.79 Å². The number of benzene rings is 1. The molecule has 0 N–H and O–H groups in total. The van der Waals surface area contributed by atoms with E-state index < -0.39 is 0 Å². The first kappa shape index (κ1) is 15.6. The summed E-state index contributed by atoms with van der Waals surface area (Å²) in [7, 11) is 1.42. The maximum absolute atomic E-state index is 11.4. The minimum absolute atomic E-state index is 0.293. The first-order valence-corrected chi connectivity index (χ1v) is 7.82. The normalized spacial score (nSPS) is 15.0. The Morgan fingerprint density at radius 2 is 2.10 bits per heavy atom. The van der Waals surface area contributed by atoms with Gasteiger partial charge in [0.2, 0.25) is 0 Å². The predicted octanol–water partition coefficient (Wildman–Crippen LogP) is 4.70. The van der Waals surface area contributed by atoms with Gasteiger partial charge in [0.1, 0.15) is 0 Å². The highest BCUT2D eigenvalue weighted by molar-refractivity contribution is 5.88. The van der Waals surface area contributed by atoms with Gasteiger partial charge in [0.05, 0.1) is 7.11 Å². The van der Waals surface area contributed by atoms with Gasteiger partial charge in [-0.15, -0.1) is 0 Å². The van der Waals surface area contributed by atoms with Gasteiger partial charge in [0.15, 0.2) is 0 Å². The molecule has 0 heterocycles. The Morgan fingerprint density at radius 3 is 2.86 bits per heavy atom. The van der Waals surface area contributed by atoms with Crippen LogP contribution in [0.3, 0.4) is 0 Å². The van der Waals surface area contributed by atoms with Crippen LogP contribution in [0, 0.1) is 0 Å². The lowest BCUT2D eigenvalue weighted by Gasteiger charge is -2.12. The van der Waals surface area contributed by atoms with E-state index in [1.54, 1.807) is 6.08 Å². The van der Waals surface area contributed by atoms with E-state index in [2.05, 4.69) is 31.2 Å². The van der Waals surface area contributed by atoms with Gasteiger partial charge in [0, 0.05) is 6.08 Å². The molecule has 0 aromatic heterocycles. The van der Waals surface area contributed by atoms with Crippen molar-refractivity contribution in [3.05, 3.63) is 53.1 Å². The van der Waals surface area contributed by atoms with Gasteiger partial charge < -0.3 is 4.74 Å². The summed E-state index contributed by atoms with van der Waals surface area (Å²) in [6.07, 6.45) is 10.4. The summed E-state index contributed by atoms with van der Waals surface area (Å²) in [6.45, 7) is 2.22. The van der Waals surface area contributed by atoms with E-state index in [-0.39, 0.29) is 5.97 Å². The van der Waals surface area contributed by atoms with E-state index >= 15 is 0 Å². The molecule has 21 heavy (non-hydrogen) atoms. The highest BCUT2D eigenvalue weighted by Gasteiger charge is 2.15. The molecule has 0 spiro atoms. The summed E-state index contributed by atoms with van der Waals surface area (Å²) < 4.78 is 4.73. The van der Waals surface area contributed by atoms with E-state index in [1.165, 1.54) is 48.6 Å². The van der Waals surface area contributed by atoms with Crippen LogP contribution in [0.2, 0.25) is 0 Å². The number of hydrogen-bond acceptors (Lipinski definition) is 2. The summed E-state index contributed by atoms with van der Waals surface area (Å²) in [5, 5.41) is 0. The summed E-state index contributed by atoms with van der Waals surface area (Å²) in [5.41, 5.74) is 5.36. The molecule has 1 aliphatic rings. The van der Waals surface area contributed by atoms with E-state index in [0.717, 1.165) is 19.3 Å². The maximum atomic E-state index is 11.4. The largest absolute Gasteiger partial charge is 0.466 e. The van der Waals surface area contributed by atoms with Crippen LogP contribution >= 0.6 is 0 Å². The van der Waals surface area contributed by atoms with E-state index in [1.807, 2.05) is 6.08 Å². The van der Waals surface area contributed by atoms with Gasteiger partial charge in [-0.2, -0.15) is 0 Å². The van der Waals surface area contributed by atoms with Gasteiger partial charge in [-0.3, -0.25) is 0 Å². The molecule has 2 rings (SSSR count). The first-order valence-electron chi connectivity index (χ1n) is 7.82. The summed E-state index contributed by atoms with van der Waals surface area (Å²) in [6, 6.07) is 8.54. The number of aryl methyl sites for hydroxylation is 1. The third-order valence-corrected chi connectivity index (χ3v) is 4.03. The van der Waals surface area contributed by atoms with Crippen LogP contribution in [-0.2, 0) is 16.0 Å². The third kappa shape index (κ3) is 4.07. The molecule has 0 amide bonds. The highest BCUT2D eigenvalue weighted by atomic mass is 16.5. The maximum Gasteiger partial charge on any atom is 0.330 e. The van der Waals surface area contributed by atoms with Crippen molar-refractivity contribution in [3.8, 4) is 0 Å². The number of rotatable bonds is 5. The molecule has 0 unspecified atom stereocenters. The number of esters is 1. The predicted molar refractivity (Wildman–Crippen MR) is 87.0 cm³/mol. The molecule has 112 valence electrons. The molecule has 1 aromatic rings. The fourth-order valence-corrected chi connectivity index (χ4v) is 2.90. The SMILES string of the molecule is CCCCC1=C(/C=C/C(=O)OC)c2ccccc2CCC1. The lowest BCUT2D eigenvalue weighted by atomic mass is 9.93. The molecule has 0 atom stereocenters. The second-order valence-corrected chi connectivity index (χ2v) is 5.49. The molecule has 0 saturated carbocycles. The molecule has 2 nitrogen and oxygen atoms in total. The van der Waals surface area contributed by atoms with Crippen LogP contribution < -0.4 is 0 Å². The van der Waals surface area contributed by atoms with Gasteiger partial charge >= 0.3 is 5.97 Å². The van der Waals surface area contributed by atoms with Crippen molar-refractivity contribution < 1.29 is 9.53 Å². The Balaban J connectivity index is 2.42. The molecule has 0 saturated heterocycles. The number of ether oxygens (including phenoxy) is 1. The minimum Gasteiger partial charge on any atom is -0.466 e. The van der Waals surface area contributed by atoms with Crippen molar-refractivity contribution in [2.45, 2.75) is 45.4 Å². The van der Waals surface area contributed by atoms with E-state index in [0.29, 0.717) is 0 Å². The minimum atomic E-state index is -0.293. The van der Waals surface area contributed by atoms with Crippen LogP contribution in [0.1, 0.15) is 50.2 Å². The lowest BCUT2D eigenvalue weighted by molar-refractivity contribution is -0.134. The van der Waals surface area contributed by atoms with Crippen molar-refractivity contribution in [2.24, 2.45) is 0 Å². The summed E-state index contributed by atoms with van der Waals surface area (Å²) >= 11 is 0. The number of carbonyl (C=O) groups is 1. The fourth-order valence-electron chi connectivity index (χ4n) is 2.90. The number of fused-ring (bicyclic) bond motifs is 1. The zero-order valence-corrected chi connectivity index (χ0v) is 13.0. The summed E-state index contributed by atoms with van der Waals surface area (Å²) in [4.78, 5) is 11.4. The molecule has 0 radical (unpaired) electrons. The second-order valence-electron chi connectivity index (χ2n) is 5.49. The molecule has 1 aromatic carbocycles. The first-order chi connectivity index (χ1) is 10.3. The molecule has 0 bridgehead atoms. The van der Waals surface area contributed by atoms with Gasteiger partial charge in [-0.05, 0) is 54.9 Å². The zero-order valence-electron chi connectivity index (χ0n) is 13.0. The summed E-state index contributed by atoms with van der Waals surface area (Å²) in [5.74, 6) is -0.293. The Bertz CT molecular complexity index is 552. The number of unbranched alkanes of at least 4 members (excludes halogenated alkanes) is 1. The zero-order chi connectivity index (χ0) is 15.1.